The van der Waals surface area contributed by atoms with E-state index in [2.05, 4.69) is 0 Å². The summed E-state index contributed by atoms with van der Waals surface area (Å²) in [6.07, 6.45) is -2.74. The zero-order valence-electron chi connectivity index (χ0n) is 7.46. The van der Waals surface area contributed by atoms with Gasteiger partial charge in [-0.1, -0.05) is 0 Å². The van der Waals surface area contributed by atoms with Crippen LogP contribution in [0.5, 0.6) is 0 Å². The van der Waals surface area contributed by atoms with Crippen LogP contribution in [0.25, 0.3) is 0 Å². The molecular formula is C5H3F6NO4S. The number of nitrogens with one attached hydrogen (secondary N) is 1. The smallest absolute Gasteiger partial charge is 0.296 e. The van der Waals surface area contributed by atoms with Crippen molar-refractivity contribution in [2.75, 3.05) is 0 Å². The van der Waals surface area contributed by atoms with Crippen molar-refractivity contribution in [2.45, 2.75) is 17.1 Å². The van der Waals surface area contributed by atoms with Crippen LogP contribution in [0.1, 0.15) is 0 Å². The number of hydrogen-bond donors (Lipinski definition) is 1. The van der Waals surface area contributed by atoms with E-state index in [1.165, 1.54) is 0 Å². The van der Waals surface area contributed by atoms with E-state index >= 15 is 0 Å². The maximum atomic E-state index is 12.7. The lowest BCUT2D eigenvalue weighted by atomic mass is 10.2. The van der Waals surface area contributed by atoms with Gasteiger partial charge < -0.3 is 0 Å². The average molecular weight is 287 g/mol. The molecule has 0 bridgehead atoms. The van der Waals surface area contributed by atoms with Gasteiger partial charge in [0.15, 0.2) is 6.29 Å². The molecule has 0 radical (unpaired) electrons. The van der Waals surface area contributed by atoms with E-state index in [0.717, 1.165) is 0 Å². The zero-order chi connectivity index (χ0) is 14.1. The first-order chi connectivity index (χ1) is 7.37. The van der Waals surface area contributed by atoms with Gasteiger partial charge in [0.05, 0.1) is 0 Å². The molecule has 5 nitrogen and oxygen atoms in total. The van der Waals surface area contributed by atoms with E-state index < -0.39 is 39.8 Å². The largest absolute Gasteiger partial charge is 0.432 e. The van der Waals surface area contributed by atoms with Crippen LogP contribution in [-0.4, -0.2) is 38.2 Å². The third-order valence-electron chi connectivity index (χ3n) is 1.47. The van der Waals surface area contributed by atoms with E-state index in [1.54, 1.807) is 0 Å². The van der Waals surface area contributed by atoms with Crippen molar-refractivity contribution in [3.8, 4) is 0 Å². The predicted molar refractivity (Wildman–Crippen MR) is 39.0 cm³/mol. The summed E-state index contributed by atoms with van der Waals surface area (Å²) < 4.78 is 96.0. The summed E-state index contributed by atoms with van der Waals surface area (Å²) in [4.78, 5) is 19.1. The lowest BCUT2D eigenvalue weighted by Crippen LogP contribution is -2.60. The van der Waals surface area contributed by atoms with Gasteiger partial charge in [-0.15, -0.1) is 0 Å². The quantitative estimate of drug-likeness (QED) is 0.556. The molecule has 0 aliphatic heterocycles. The summed E-state index contributed by atoms with van der Waals surface area (Å²) >= 11 is 0. The molecule has 0 aromatic carbocycles. The fraction of sp³-hybridized carbons (Fsp3) is 0.600. The second-order valence-electron chi connectivity index (χ2n) is 2.57. The average Bonchev–Trinajstić information content (AvgIpc) is 2.16. The van der Waals surface area contributed by atoms with Crippen molar-refractivity contribution >= 4 is 22.7 Å². The summed E-state index contributed by atoms with van der Waals surface area (Å²) in [5.74, 6) is -12.4. The van der Waals surface area contributed by atoms with Crippen molar-refractivity contribution < 1.29 is 44.3 Å². The molecule has 0 saturated heterocycles. The van der Waals surface area contributed by atoms with E-state index in [1.807, 2.05) is 0 Å². The molecule has 100 valence electrons. The first-order valence-electron chi connectivity index (χ1n) is 3.42. The minimum Gasteiger partial charge on any atom is -0.296 e. The Kier molecular flexibility index (Phi) is 3.83. The molecular weight excluding hydrogens is 284 g/mol. The summed E-state index contributed by atoms with van der Waals surface area (Å²) in [5.41, 5.74) is 0. The molecule has 1 N–H and O–H groups in total. The number of sulfonamides is 1. The second-order valence-corrected chi connectivity index (χ2v) is 4.33. The Hall–Kier alpha value is -1.33. The van der Waals surface area contributed by atoms with Crippen LogP contribution in [0, 0.1) is 0 Å². The molecule has 0 aromatic heterocycles. The van der Waals surface area contributed by atoms with E-state index in [9.17, 15) is 44.3 Å². The van der Waals surface area contributed by atoms with Crippen molar-refractivity contribution in [3.63, 3.8) is 0 Å². The Morgan fingerprint density at radius 1 is 0.941 bits per heavy atom. The first-order valence-corrected chi connectivity index (χ1v) is 4.91. The monoisotopic (exact) mass is 287 g/mol. The molecule has 0 saturated carbocycles. The van der Waals surface area contributed by atoms with E-state index in [-0.39, 0.29) is 4.72 Å². The van der Waals surface area contributed by atoms with Crippen LogP contribution < -0.4 is 4.72 Å². The van der Waals surface area contributed by atoms with Crippen LogP contribution in [-0.2, 0) is 19.6 Å². The lowest BCUT2D eigenvalue weighted by Gasteiger charge is -2.28. The highest BCUT2D eigenvalue weighted by Gasteiger charge is 2.77. The minimum atomic E-state index is -6.52. The molecule has 12 heteroatoms. The fourth-order valence-electron chi connectivity index (χ4n) is 0.574. The Balaban J connectivity index is 5.77. The summed E-state index contributed by atoms with van der Waals surface area (Å²) in [7, 11) is -6.40. The van der Waals surface area contributed by atoms with Gasteiger partial charge in [0.25, 0.3) is 0 Å². The third kappa shape index (κ3) is 2.21. The Bertz CT molecular complexity index is 418. The zero-order valence-corrected chi connectivity index (χ0v) is 8.28. The highest BCUT2D eigenvalue weighted by Crippen LogP contribution is 2.47. The Morgan fingerprint density at radius 2 is 1.35 bits per heavy atom. The van der Waals surface area contributed by atoms with Crippen LogP contribution >= 0.6 is 0 Å². The minimum absolute atomic E-state index is 0.277. The maximum Gasteiger partial charge on any atom is 0.432 e. The van der Waals surface area contributed by atoms with Crippen LogP contribution in [0.4, 0.5) is 26.3 Å². The lowest BCUT2D eigenvalue weighted by molar-refractivity contribution is -0.262. The van der Waals surface area contributed by atoms with Crippen molar-refractivity contribution in [1.29, 1.82) is 0 Å². The van der Waals surface area contributed by atoms with Crippen LogP contribution in [0.2, 0.25) is 0 Å². The van der Waals surface area contributed by atoms with Crippen LogP contribution in [0.15, 0.2) is 0 Å². The van der Waals surface area contributed by atoms with Gasteiger partial charge >= 0.3 is 27.1 Å². The Labute approximate surface area is 89.8 Å². The number of amides is 1. The molecule has 0 aromatic rings. The Morgan fingerprint density at radius 3 is 1.65 bits per heavy atom. The number of rotatable bonds is 6. The van der Waals surface area contributed by atoms with Gasteiger partial charge in [-0.25, -0.2) is 0 Å². The third-order valence-corrected chi connectivity index (χ3v) is 2.81. The number of hydrogen-bond acceptors (Lipinski definition) is 4. The molecule has 0 aliphatic rings. The number of carbonyl (C=O) groups is 2. The van der Waals surface area contributed by atoms with Gasteiger partial charge in [-0.05, 0) is 0 Å². The summed E-state index contributed by atoms with van der Waals surface area (Å²) in [5, 5.41) is -6.36. The number of halogens is 6. The fourth-order valence-corrected chi connectivity index (χ4v) is 1.32. The number of carbonyl (C=O) groups excluding carboxylic acids is 2. The topological polar surface area (TPSA) is 80.3 Å². The molecule has 0 atom stereocenters. The number of aldehydes is 1. The van der Waals surface area contributed by atoms with Crippen LogP contribution in [0.3, 0.4) is 0 Å². The van der Waals surface area contributed by atoms with Crippen molar-refractivity contribution in [2.24, 2.45) is 0 Å². The second kappa shape index (κ2) is 4.16. The van der Waals surface area contributed by atoms with Crippen molar-refractivity contribution in [3.05, 3.63) is 0 Å². The predicted octanol–water partition coefficient (Wildman–Crippen LogP) is 0.125. The molecule has 0 rings (SSSR count). The molecule has 17 heavy (non-hydrogen) atoms. The summed E-state index contributed by atoms with van der Waals surface area (Å²) in [6.45, 7) is 0. The van der Waals surface area contributed by atoms with Gasteiger partial charge in [-0.3, -0.25) is 14.3 Å². The van der Waals surface area contributed by atoms with Gasteiger partial charge in [0.1, 0.15) is 0 Å². The highest BCUT2D eigenvalue weighted by atomic mass is 32.2. The molecule has 0 heterocycles. The van der Waals surface area contributed by atoms with Gasteiger partial charge in [0, 0.05) is 0 Å². The van der Waals surface area contributed by atoms with E-state index in [4.69, 9.17) is 0 Å². The number of alkyl halides is 6. The summed E-state index contributed by atoms with van der Waals surface area (Å²) in [6, 6.07) is 0. The highest BCUT2D eigenvalue weighted by molar-refractivity contribution is 7.91. The standard InChI is InChI=1S/C5H3F6NO4S/c6-3(7,1-13)4(8,9)5(10,11)17(15,16)12-2-14/h1-2H,(H,12,14). The molecule has 0 fully saturated rings. The SMILES string of the molecule is O=CNS(=O)(=O)C(F)(F)C(F)(F)C(F)(F)C=O. The normalized spacial score (nSPS) is 14.2. The first kappa shape index (κ1) is 15.7. The van der Waals surface area contributed by atoms with Crippen molar-refractivity contribution in [1.82, 2.24) is 4.72 Å². The molecule has 0 aliphatic carbocycles. The molecule has 1 amide bonds. The maximum absolute atomic E-state index is 12.7. The van der Waals surface area contributed by atoms with Gasteiger partial charge in [0.2, 0.25) is 6.41 Å². The van der Waals surface area contributed by atoms with E-state index in [0.29, 0.717) is 0 Å². The molecule has 0 spiro atoms. The molecule has 0 unspecified atom stereocenters. The van der Waals surface area contributed by atoms with Gasteiger partial charge in [-0.2, -0.15) is 34.8 Å².